The summed E-state index contributed by atoms with van der Waals surface area (Å²) in [4.78, 5) is 61.5. The first-order valence-electron chi connectivity index (χ1n) is 19.4. The molecule has 4 atom stereocenters. The zero-order valence-electron chi connectivity index (χ0n) is 33.1. The first-order chi connectivity index (χ1) is 28.0. The van der Waals surface area contributed by atoms with Crippen LogP contribution in [0.5, 0.6) is 5.75 Å². The summed E-state index contributed by atoms with van der Waals surface area (Å²) in [6.07, 6.45) is 0. The number of carbonyl (C=O) groups excluding carboxylic acids is 4. The summed E-state index contributed by atoms with van der Waals surface area (Å²) in [6.45, 7) is 7.77. The number of rotatable bonds is 9. The molecule has 8 rings (SSSR count). The minimum atomic E-state index is -1.59. The maximum absolute atomic E-state index is 16.1. The fraction of sp³-hybridized carbons (Fsp3) is 0.250. The van der Waals surface area contributed by atoms with Crippen molar-refractivity contribution in [2.24, 2.45) is 5.92 Å². The summed E-state index contributed by atoms with van der Waals surface area (Å²) in [5.41, 5.74) is 4.99. The molecule has 0 saturated carbocycles. The number of anilines is 1. The number of hydrogen-bond acceptors (Lipinski definition) is 7. The standard InChI is InChI=1S/C44H37ClN2O5.C4H8O2/c1-4-52-42(49)37-39(41(48)29-17-21-31(51-3)22-18-29)44(33-24-26(2)14-23-35(33)47(43(44)50)25-27-10-6-5-7-11-27)38(28-15-19-30(45)20-16-28)36-32-12-8-9-13-34(32)46-40(36)37;1-3-6-4(2)5/h5-24,37-39,46H,4,25H2,1-3H3;3H2,1-2H3/t37-,38+,39+,44-;/m1./s1. The number of benzene rings is 5. The summed E-state index contributed by atoms with van der Waals surface area (Å²) in [7, 11) is 1.57. The van der Waals surface area contributed by atoms with Crippen molar-refractivity contribution in [1.29, 1.82) is 0 Å². The van der Waals surface area contributed by atoms with Crippen molar-refractivity contribution >= 4 is 51.8 Å². The number of carbonyl (C=O) groups is 4. The fourth-order valence-electron chi connectivity index (χ4n) is 8.81. The molecule has 1 aliphatic carbocycles. The topological polar surface area (TPSA) is 115 Å². The average molecular weight is 797 g/mol. The molecule has 1 spiro atoms. The average Bonchev–Trinajstić information content (AvgIpc) is 3.71. The van der Waals surface area contributed by atoms with Crippen LogP contribution < -0.4 is 9.64 Å². The second-order valence-corrected chi connectivity index (χ2v) is 14.9. The van der Waals surface area contributed by atoms with Gasteiger partial charge in [0.2, 0.25) is 5.91 Å². The number of Topliss-reactive ketones (excluding diaryl/α,β-unsaturated/α-hetero) is 1. The van der Waals surface area contributed by atoms with Crippen LogP contribution in [0.15, 0.2) is 121 Å². The molecule has 10 heteroatoms. The van der Waals surface area contributed by atoms with E-state index in [0.29, 0.717) is 39.9 Å². The van der Waals surface area contributed by atoms with E-state index < -0.39 is 29.1 Å². The van der Waals surface area contributed by atoms with Gasteiger partial charge in [0, 0.05) is 45.7 Å². The first kappa shape index (κ1) is 40.0. The summed E-state index contributed by atoms with van der Waals surface area (Å²) in [6, 6.07) is 38.0. The van der Waals surface area contributed by atoms with Crippen LogP contribution in [0.25, 0.3) is 10.9 Å². The molecule has 0 unspecified atom stereocenters. The van der Waals surface area contributed by atoms with Gasteiger partial charge in [0.15, 0.2) is 5.78 Å². The van der Waals surface area contributed by atoms with E-state index in [1.807, 2.05) is 104 Å². The maximum Gasteiger partial charge on any atom is 0.315 e. The van der Waals surface area contributed by atoms with Gasteiger partial charge in [-0.25, -0.2) is 0 Å². The fourth-order valence-corrected chi connectivity index (χ4v) is 8.94. The Balaban J connectivity index is 0.000000794. The number of nitrogens with zero attached hydrogens (tertiary/aromatic N) is 1. The van der Waals surface area contributed by atoms with Gasteiger partial charge in [-0.1, -0.05) is 90.0 Å². The number of nitrogens with one attached hydrogen (secondary N) is 1. The van der Waals surface area contributed by atoms with E-state index in [1.165, 1.54) is 6.92 Å². The highest BCUT2D eigenvalue weighted by Crippen LogP contribution is 2.65. The van der Waals surface area contributed by atoms with E-state index in [4.69, 9.17) is 21.1 Å². The number of hydrogen-bond donors (Lipinski definition) is 1. The van der Waals surface area contributed by atoms with Crippen LogP contribution in [0.1, 0.15) is 76.5 Å². The third kappa shape index (κ3) is 7.04. The van der Waals surface area contributed by atoms with Gasteiger partial charge in [0.1, 0.15) is 11.7 Å². The van der Waals surface area contributed by atoms with Gasteiger partial charge >= 0.3 is 11.9 Å². The number of ketones is 1. The number of fused-ring (bicyclic) bond motifs is 5. The lowest BCUT2D eigenvalue weighted by Crippen LogP contribution is -2.58. The lowest BCUT2D eigenvalue weighted by atomic mass is 9.50. The van der Waals surface area contributed by atoms with Crippen LogP contribution >= 0.6 is 11.6 Å². The SMILES string of the molecule is CCOC(=O)[C@H]1c2[nH]c3ccccc3c2[C@H](c2ccc(Cl)cc2)[C@@]2(C(=O)N(Cc3ccccc3)c3ccc(C)cc32)[C@@H]1C(=O)c1ccc(OC)cc1.CCOC(C)=O. The van der Waals surface area contributed by atoms with Gasteiger partial charge in [0.25, 0.3) is 0 Å². The van der Waals surface area contributed by atoms with E-state index in [-0.39, 0.29) is 30.8 Å². The molecular weight excluding hydrogens is 752 g/mol. The Bertz CT molecular complexity index is 2480. The molecule has 1 aliphatic heterocycles. The number of aryl methyl sites for hydroxylation is 1. The number of amides is 1. The smallest absolute Gasteiger partial charge is 0.315 e. The van der Waals surface area contributed by atoms with E-state index in [0.717, 1.165) is 33.2 Å². The Labute approximate surface area is 342 Å². The number of aromatic amines is 1. The van der Waals surface area contributed by atoms with Gasteiger partial charge < -0.3 is 24.1 Å². The number of para-hydroxylation sites is 1. The lowest BCUT2D eigenvalue weighted by molar-refractivity contribution is -0.148. The molecule has 1 N–H and O–H groups in total. The van der Waals surface area contributed by atoms with Gasteiger partial charge in [-0.15, -0.1) is 0 Å². The van der Waals surface area contributed by atoms with E-state index in [2.05, 4.69) is 9.72 Å². The van der Waals surface area contributed by atoms with Crippen LogP contribution in [0.2, 0.25) is 5.02 Å². The normalized spacial score (nSPS) is 19.2. The van der Waals surface area contributed by atoms with Crippen molar-refractivity contribution in [3.8, 4) is 5.75 Å². The minimum Gasteiger partial charge on any atom is -0.497 e. The van der Waals surface area contributed by atoms with Gasteiger partial charge in [-0.3, -0.25) is 19.2 Å². The predicted octanol–water partition coefficient (Wildman–Crippen LogP) is 9.48. The third-order valence-corrected chi connectivity index (χ3v) is 11.3. The molecule has 0 saturated heterocycles. The molecule has 58 heavy (non-hydrogen) atoms. The number of esters is 2. The summed E-state index contributed by atoms with van der Waals surface area (Å²) < 4.78 is 15.7. The highest BCUT2D eigenvalue weighted by atomic mass is 35.5. The molecule has 296 valence electrons. The molecule has 0 radical (unpaired) electrons. The van der Waals surface area contributed by atoms with Crippen molar-refractivity contribution in [3.05, 3.63) is 165 Å². The quantitative estimate of drug-likeness (QED) is 0.115. The van der Waals surface area contributed by atoms with Gasteiger partial charge in [-0.05, 0) is 91.6 Å². The highest BCUT2D eigenvalue weighted by Gasteiger charge is 2.69. The van der Waals surface area contributed by atoms with Gasteiger partial charge in [0.05, 0.1) is 38.2 Å². The number of ether oxygens (including phenoxy) is 3. The van der Waals surface area contributed by atoms with Crippen LogP contribution in [0.4, 0.5) is 5.69 Å². The molecule has 9 nitrogen and oxygen atoms in total. The Hall–Kier alpha value is -6.19. The number of methoxy groups -OCH3 is 1. The summed E-state index contributed by atoms with van der Waals surface area (Å²) in [5.74, 6) is -3.86. The molecule has 6 aromatic rings. The van der Waals surface area contributed by atoms with E-state index in [1.54, 1.807) is 50.1 Å². The van der Waals surface area contributed by atoms with Crippen molar-refractivity contribution < 1.29 is 33.4 Å². The molecule has 0 fully saturated rings. The lowest BCUT2D eigenvalue weighted by Gasteiger charge is -2.48. The third-order valence-electron chi connectivity index (χ3n) is 11.1. The molecule has 0 bridgehead atoms. The van der Waals surface area contributed by atoms with Crippen LogP contribution in [0, 0.1) is 12.8 Å². The Morgan fingerprint density at radius 3 is 2.14 bits per heavy atom. The number of aromatic nitrogens is 1. The van der Waals surface area contributed by atoms with Crippen LogP contribution in [-0.2, 0) is 35.8 Å². The molecule has 2 heterocycles. The van der Waals surface area contributed by atoms with E-state index >= 15 is 9.59 Å². The molecule has 2 aliphatic rings. The van der Waals surface area contributed by atoms with E-state index in [9.17, 15) is 9.59 Å². The van der Waals surface area contributed by atoms with Crippen molar-refractivity contribution in [2.45, 2.75) is 51.5 Å². The number of H-pyrrole nitrogens is 1. The summed E-state index contributed by atoms with van der Waals surface area (Å²) in [5, 5.41) is 1.41. The van der Waals surface area contributed by atoms with Crippen LogP contribution in [-0.4, -0.2) is 48.9 Å². The Morgan fingerprint density at radius 2 is 1.50 bits per heavy atom. The van der Waals surface area contributed by atoms with Crippen molar-refractivity contribution in [1.82, 2.24) is 4.98 Å². The molecule has 5 aromatic carbocycles. The maximum atomic E-state index is 16.1. The van der Waals surface area contributed by atoms with Crippen molar-refractivity contribution in [2.75, 3.05) is 25.2 Å². The number of halogens is 1. The molecule has 1 aromatic heterocycles. The monoisotopic (exact) mass is 796 g/mol. The molecular formula is C48H45ClN2O7. The zero-order valence-corrected chi connectivity index (χ0v) is 33.8. The van der Waals surface area contributed by atoms with Crippen molar-refractivity contribution in [3.63, 3.8) is 0 Å². The second kappa shape index (κ2) is 16.7. The predicted molar refractivity (Wildman–Crippen MR) is 225 cm³/mol. The second-order valence-electron chi connectivity index (χ2n) is 14.5. The highest BCUT2D eigenvalue weighted by molar-refractivity contribution is 6.30. The van der Waals surface area contributed by atoms with Gasteiger partial charge in [-0.2, -0.15) is 0 Å². The van der Waals surface area contributed by atoms with Crippen LogP contribution in [0.3, 0.4) is 0 Å². The minimum absolute atomic E-state index is 0.103. The zero-order chi connectivity index (χ0) is 41.1. The summed E-state index contributed by atoms with van der Waals surface area (Å²) >= 11 is 6.50. The Morgan fingerprint density at radius 1 is 0.828 bits per heavy atom. The largest absolute Gasteiger partial charge is 0.497 e. The first-order valence-corrected chi connectivity index (χ1v) is 19.7. The molecule has 1 amide bonds. The Kier molecular flexibility index (Phi) is 11.5.